The normalized spacial score (nSPS) is 35.1. The molecule has 12 atom stereocenters. The maximum absolute atomic E-state index is 14.4. The number of Topliss-reactive ketones (excluding diaryl/α,β-unsaturated/α-hetero) is 1. The second-order valence-electron chi connectivity index (χ2n) is 17.3. The summed E-state index contributed by atoms with van der Waals surface area (Å²) in [5.41, 5.74) is 5.36. The van der Waals surface area contributed by atoms with Crippen LogP contribution < -0.4 is 11.1 Å². The van der Waals surface area contributed by atoms with Crippen LogP contribution in [0.4, 0.5) is 10.5 Å². The fraction of sp³-hybridized carbons (Fsp3) is 0.714. The Bertz CT molecular complexity index is 1790. The lowest BCUT2D eigenvalue weighted by Gasteiger charge is -2.46. The van der Waals surface area contributed by atoms with Crippen molar-refractivity contribution in [3.05, 3.63) is 30.5 Å². The van der Waals surface area contributed by atoms with E-state index in [1.165, 1.54) is 18.9 Å². The first-order chi connectivity index (χ1) is 27.8. The van der Waals surface area contributed by atoms with Crippen molar-refractivity contribution in [1.29, 1.82) is 0 Å². The van der Waals surface area contributed by atoms with Gasteiger partial charge in [-0.2, -0.15) is 0 Å². The number of aliphatic hydroxyl groups is 1. The average molecular weight is 828 g/mol. The van der Waals surface area contributed by atoms with Crippen LogP contribution in [0.15, 0.2) is 30.5 Å². The van der Waals surface area contributed by atoms with Crippen LogP contribution in [0.5, 0.6) is 0 Å². The van der Waals surface area contributed by atoms with Gasteiger partial charge in [-0.3, -0.25) is 24.0 Å². The SMILES string of the molecule is CC[C@H]1OC(=O)C(C)C(=O)[C@H](C)[C@@H](O[C@@H]2OC(C)CC(N(C)C)C2O)[C@](C)(OC)C[C@@H](C)CNC(=O)[C@H]2N(CCCCn3cc(-c4cccc(N)c4)nn3)C(=O)O[C@]12C. The topological polar surface area (TPSA) is 210 Å². The molecule has 0 saturated carbocycles. The summed E-state index contributed by atoms with van der Waals surface area (Å²) in [6, 6.07) is 5.96. The Hall–Kier alpha value is -4.16. The number of ketones is 1. The zero-order valence-corrected chi connectivity index (χ0v) is 36.3. The van der Waals surface area contributed by atoms with Crippen LogP contribution in [0.25, 0.3) is 11.3 Å². The number of carbonyl (C=O) groups excluding carboxylic acids is 4. The smallest absolute Gasteiger partial charge is 0.411 e. The second kappa shape index (κ2) is 19.0. The molecule has 59 heavy (non-hydrogen) atoms. The third-order valence-electron chi connectivity index (χ3n) is 12.4. The molecule has 3 saturated heterocycles. The Labute approximate surface area is 347 Å². The largest absolute Gasteiger partial charge is 0.457 e. The minimum Gasteiger partial charge on any atom is -0.457 e. The van der Waals surface area contributed by atoms with E-state index in [-0.39, 0.29) is 37.6 Å². The van der Waals surface area contributed by atoms with Gasteiger partial charge in [-0.25, -0.2) is 4.79 Å². The number of nitrogens with one attached hydrogen (secondary N) is 1. The summed E-state index contributed by atoms with van der Waals surface area (Å²) in [6.45, 7) is 13.0. The molecule has 3 aliphatic rings. The number of nitrogen functional groups attached to an aromatic ring is 1. The van der Waals surface area contributed by atoms with Gasteiger partial charge < -0.3 is 44.7 Å². The van der Waals surface area contributed by atoms with E-state index in [4.69, 9.17) is 29.4 Å². The molecule has 3 fully saturated rings. The van der Waals surface area contributed by atoms with E-state index in [0.29, 0.717) is 43.6 Å². The maximum atomic E-state index is 14.4. The van der Waals surface area contributed by atoms with Crippen molar-refractivity contribution < 1.29 is 48.0 Å². The number of hydrogen-bond donors (Lipinski definition) is 3. The first kappa shape index (κ1) is 45.9. The molecule has 2 amide bonds. The number of amides is 2. The van der Waals surface area contributed by atoms with Crippen LogP contribution >= 0.6 is 0 Å². The Balaban J connectivity index is 1.38. The zero-order valence-electron chi connectivity index (χ0n) is 36.3. The molecule has 328 valence electrons. The first-order valence-electron chi connectivity index (χ1n) is 20.8. The third-order valence-corrected chi connectivity index (χ3v) is 12.4. The monoisotopic (exact) mass is 827 g/mol. The summed E-state index contributed by atoms with van der Waals surface area (Å²) in [6.07, 6.45) is -1.12. The molecule has 0 spiro atoms. The Morgan fingerprint density at radius 1 is 1.08 bits per heavy atom. The van der Waals surface area contributed by atoms with Crippen molar-refractivity contribution in [2.75, 3.05) is 40.0 Å². The van der Waals surface area contributed by atoms with E-state index >= 15 is 0 Å². The highest BCUT2D eigenvalue weighted by atomic mass is 16.7. The lowest BCUT2D eigenvalue weighted by atomic mass is 9.78. The molecule has 3 aliphatic heterocycles. The number of fused-ring (bicyclic) bond motifs is 1. The molecule has 2 aromatic rings. The quantitative estimate of drug-likeness (QED) is 0.128. The van der Waals surface area contributed by atoms with Gasteiger partial charge >= 0.3 is 12.1 Å². The molecule has 17 heteroatoms. The van der Waals surface area contributed by atoms with Gasteiger partial charge in [0.1, 0.15) is 23.8 Å². The molecule has 1 aromatic carbocycles. The van der Waals surface area contributed by atoms with Crippen molar-refractivity contribution in [1.82, 2.24) is 30.1 Å². The van der Waals surface area contributed by atoms with Gasteiger partial charge in [0.15, 0.2) is 23.7 Å². The standard InChI is InChI=1S/C42H65N7O10/c1-11-32-42(7)35(49(40(54)59-42)18-13-12-17-48-23-30(45-46-48)28-15-14-16-29(43)20-28)37(52)44-22-24(2)21-41(6,55-10)36(26(4)33(50)27(5)38(53)57-32)58-39-34(51)31(47(8)9)19-25(3)56-39/h14-16,20,23-27,31-32,34-36,39,51H,11-13,17-19,21-22,43H2,1-10H3,(H,44,52)/t24-,25?,26+,27?,31?,32-,34?,35-,36-,39+,41-,42-/m1/s1. The number of cyclic esters (lactones) is 1. The Morgan fingerprint density at radius 2 is 1.80 bits per heavy atom. The highest BCUT2D eigenvalue weighted by Gasteiger charge is 2.60. The molecule has 4 heterocycles. The van der Waals surface area contributed by atoms with E-state index in [1.807, 2.05) is 64.2 Å². The summed E-state index contributed by atoms with van der Waals surface area (Å²) in [7, 11) is 5.27. The highest BCUT2D eigenvalue weighted by molar-refractivity contribution is 6.00. The van der Waals surface area contributed by atoms with E-state index in [0.717, 1.165) is 5.56 Å². The molecule has 4 N–H and O–H groups in total. The van der Waals surface area contributed by atoms with Crippen LogP contribution in [0.3, 0.4) is 0 Å². The van der Waals surface area contributed by atoms with Crippen LogP contribution in [0, 0.1) is 17.8 Å². The molecule has 0 aliphatic carbocycles. The van der Waals surface area contributed by atoms with Crippen LogP contribution in [0.1, 0.15) is 80.6 Å². The van der Waals surface area contributed by atoms with E-state index < -0.39 is 77.4 Å². The van der Waals surface area contributed by atoms with E-state index in [2.05, 4.69) is 15.6 Å². The van der Waals surface area contributed by atoms with Crippen molar-refractivity contribution in [2.45, 2.75) is 141 Å². The molecule has 1 aromatic heterocycles. The maximum Gasteiger partial charge on any atom is 0.411 e. The van der Waals surface area contributed by atoms with Gasteiger partial charge in [0, 0.05) is 50.0 Å². The van der Waals surface area contributed by atoms with Gasteiger partial charge in [-0.1, -0.05) is 38.1 Å². The summed E-state index contributed by atoms with van der Waals surface area (Å²) >= 11 is 0. The molecule has 5 rings (SSSR count). The number of likely N-dealkylation sites (N-methyl/N-ethyl adjacent to an activating group) is 1. The van der Waals surface area contributed by atoms with Crippen molar-refractivity contribution >= 4 is 29.4 Å². The minimum absolute atomic E-state index is 0.179. The number of aromatic nitrogens is 3. The Kier molecular flexibility index (Phi) is 14.8. The predicted octanol–water partition coefficient (Wildman–Crippen LogP) is 3.42. The zero-order chi connectivity index (χ0) is 43.4. The summed E-state index contributed by atoms with van der Waals surface area (Å²) in [5.74, 6) is -4.18. The van der Waals surface area contributed by atoms with Gasteiger partial charge in [-0.15, -0.1) is 5.10 Å². The number of aryl methyl sites for hydroxylation is 1. The number of ether oxygens (including phenoxy) is 5. The van der Waals surface area contributed by atoms with E-state index in [1.54, 1.807) is 31.5 Å². The molecular formula is C42H65N7O10. The number of carbonyl (C=O) groups is 4. The molecule has 0 radical (unpaired) electrons. The molecule has 0 bridgehead atoms. The number of aliphatic hydroxyl groups excluding tert-OH is 1. The van der Waals surface area contributed by atoms with E-state index in [9.17, 15) is 24.3 Å². The van der Waals surface area contributed by atoms with Crippen LogP contribution in [-0.2, 0) is 44.6 Å². The van der Waals surface area contributed by atoms with Gasteiger partial charge in [-0.05, 0) is 91.9 Å². The molecular weight excluding hydrogens is 763 g/mol. The second-order valence-corrected chi connectivity index (χ2v) is 17.3. The Morgan fingerprint density at radius 3 is 2.46 bits per heavy atom. The number of anilines is 1. The summed E-state index contributed by atoms with van der Waals surface area (Å²) in [4.78, 5) is 59.6. The third kappa shape index (κ3) is 10.1. The number of benzene rings is 1. The molecule has 17 nitrogen and oxygen atoms in total. The fourth-order valence-corrected chi connectivity index (χ4v) is 8.92. The van der Waals surface area contributed by atoms with Gasteiger partial charge in [0.05, 0.1) is 24.0 Å². The van der Waals surface area contributed by atoms with Gasteiger partial charge in [0.25, 0.3) is 0 Å². The average Bonchev–Trinajstić information content (AvgIpc) is 3.77. The lowest BCUT2D eigenvalue weighted by molar-refractivity contribution is -0.295. The number of nitrogens with two attached hydrogens (primary N) is 1. The van der Waals surface area contributed by atoms with Crippen LogP contribution in [-0.4, -0.2) is 142 Å². The number of methoxy groups -OCH3 is 1. The number of unbranched alkanes of at least 4 members (excludes halogenated alkanes) is 1. The highest BCUT2D eigenvalue weighted by Crippen LogP contribution is 2.39. The number of hydrogen-bond acceptors (Lipinski definition) is 14. The van der Waals surface area contributed by atoms with Crippen LogP contribution in [0.2, 0.25) is 0 Å². The predicted molar refractivity (Wildman–Crippen MR) is 218 cm³/mol. The molecule has 4 unspecified atom stereocenters. The number of esters is 1. The minimum atomic E-state index is -1.58. The van der Waals surface area contributed by atoms with Crippen molar-refractivity contribution in [2.24, 2.45) is 17.8 Å². The van der Waals surface area contributed by atoms with Crippen molar-refractivity contribution in [3.8, 4) is 11.3 Å². The summed E-state index contributed by atoms with van der Waals surface area (Å²) < 4.78 is 32.6. The first-order valence-corrected chi connectivity index (χ1v) is 20.8. The fourth-order valence-electron chi connectivity index (χ4n) is 8.92. The lowest BCUT2D eigenvalue weighted by Crippen LogP contribution is -2.60. The summed E-state index contributed by atoms with van der Waals surface area (Å²) in [5, 5.41) is 23.0. The number of rotatable bonds is 11. The van der Waals surface area contributed by atoms with Gasteiger partial charge in [0.2, 0.25) is 5.91 Å². The van der Waals surface area contributed by atoms with Crippen molar-refractivity contribution in [3.63, 3.8) is 0 Å². The number of nitrogens with zero attached hydrogens (tertiary/aromatic N) is 5.